The molecule has 40 heavy (non-hydrogen) atoms. The van der Waals surface area contributed by atoms with Crippen molar-refractivity contribution >= 4 is 63.8 Å². The molecule has 11 heteroatoms. The van der Waals surface area contributed by atoms with Crippen molar-refractivity contribution in [1.82, 2.24) is 4.98 Å². The number of H-pyrrole nitrogens is 1. The standard InChI is InChI=1S/C29H22ClN3O5S2/c1-15-5-2-3-8-20(15)31-21(34)14-38-19-7-4-6-16(13-19)22-23-25(39-26-24(22)40-29(37)32-26)28(36)33(27(23)35)18-11-9-17(30)10-12-18/h2-13,22-23,25H,14H2,1H3,(H,31,34)(H,32,37)/t22-,23?,25?/m1/s1. The zero-order chi connectivity index (χ0) is 28.0. The van der Waals surface area contributed by atoms with Gasteiger partial charge in [0.15, 0.2) is 6.61 Å². The maximum atomic E-state index is 13.8. The minimum absolute atomic E-state index is 0.213. The first kappa shape index (κ1) is 26.4. The molecule has 2 unspecified atom stereocenters. The van der Waals surface area contributed by atoms with Gasteiger partial charge in [-0.25, -0.2) is 4.90 Å². The van der Waals surface area contributed by atoms with Gasteiger partial charge in [-0.15, -0.1) is 0 Å². The van der Waals surface area contributed by atoms with Crippen LogP contribution in [0, 0.1) is 12.8 Å². The van der Waals surface area contributed by atoms with E-state index in [2.05, 4.69) is 10.3 Å². The van der Waals surface area contributed by atoms with Gasteiger partial charge in [0.25, 0.3) is 5.91 Å². The molecule has 3 atom stereocenters. The smallest absolute Gasteiger partial charge is 0.305 e. The summed E-state index contributed by atoms with van der Waals surface area (Å²) in [6.45, 7) is 1.69. The van der Waals surface area contributed by atoms with E-state index in [1.807, 2.05) is 37.3 Å². The SMILES string of the molecule is Cc1ccccc1NC(=O)COc1cccc([C@H]2c3sc(=O)[nH]c3SC3C(=O)N(c4ccc(Cl)cc4)C(=O)C32)c1. The Kier molecular flexibility index (Phi) is 6.99. The Bertz CT molecular complexity index is 1700. The number of amides is 3. The Morgan fingerprint density at radius 2 is 1.80 bits per heavy atom. The van der Waals surface area contributed by atoms with E-state index in [0.717, 1.165) is 16.9 Å². The predicted octanol–water partition coefficient (Wildman–Crippen LogP) is 5.21. The molecule has 0 radical (unpaired) electrons. The molecule has 2 N–H and O–H groups in total. The van der Waals surface area contributed by atoms with Gasteiger partial charge in [-0.1, -0.05) is 65.0 Å². The van der Waals surface area contributed by atoms with Crippen LogP contribution in [0.4, 0.5) is 11.4 Å². The van der Waals surface area contributed by atoms with Gasteiger partial charge in [0.1, 0.15) is 11.0 Å². The number of carbonyl (C=O) groups is 3. The number of fused-ring (bicyclic) bond motifs is 2. The van der Waals surface area contributed by atoms with Crippen LogP contribution in [0.1, 0.15) is 21.9 Å². The van der Waals surface area contributed by atoms with Crippen molar-refractivity contribution in [2.75, 3.05) is 16.8 Å². The maximum absolute atomic E-state index is 13.8. The number of imide groups is 1. The molecule has 3 heterocycles. The van der Waals surface area contributed by atoms with E-state index in [1.54, 1.807) is 42.5 Å². The number of hydrogen-bond donors (Lipinski definition) is 2. The van der Waals surface area contributed by atoms with Crippen LogP contribution in [0.5, 0.6) is 5.75 Å². The molecule has 1 fully saturated rings. The zero-order valence-electron chi connectivity index (χ0n) is 21.1. The highest BCUT2D eigenvalue weighted by Crippen LogP contribution is 2.53. The molecule has 0 aliphatic carbocycles. The molecule has 0 bridgehead atoms. The van der Waals surface area contributed by atoms with Crippen LogP contribution in [0.2, 0.25) is 5.02 Å². The summed E-state index contributed by atoms with van der Waals surface area (Å²) in [6.07, 6.45) is 0. The van der Waals surface area contributed by atoms with Gasteiger partial charge in [0, 0.05) is 21.5 Å². The average molecular weight is 592 g/mol. The van der Waals surface area contributed by atoms with Crippen LogP contribution >= 0.6 is 34.7 Å². The van der Waals surface area contributed by atoms with Crippen molar-refractivity contribution < 1.29 is 19.1 Å². The van der Waals surface area contributed by atoms with Gasteiger partial charge >= 0.3 is 4.87 Å². The number of para-hydroxylation sites is 1. The highest BCUT2D eigenvalue weighted by atomic mass is 35.5. The summed E-state index contributed by atoms with van der Waals surface area (Å²) < 4.78 is 5.81. The first-order valence-corrected chi connectivity index (χ1v) is 14.5. The first-order chi connectivity index (χ1) is 19.3. The minimum Gasteiger partial charge on any atom is -0.484 e. The van der Waals surface area contributed by atoms with Crippen LogP contribution < -0.4 is 19.8 Å². The molecular weight excluding hydrogens is 570 g/mol. The molecule has 8 nitrogen and oxygen atoms in total. The molecule has 2 aliphatic rings. The molecular formula is C29H22ClN3O5S2. The molecule has 6 rings (SSSR count). The van der Waals surface area contributed by atoms with E-state index in [-0.39, 0.29) is 29.2 Å². The molecule has 4 aromatic rings. The normalized spacial score (nSPS) is 19.8. The summed E-state index contributed by atoms with van der Waals surface area (Å²) in [4.78, 5) is 56.7. The Morgan fingerprint density at radius 1 is 1.02 bits per heavy atom. The third-order valence-electron chi connectivity index (χ3n) is 6.92. The number of rotatable bonds is 6. The highest BCUT2D eigenvalue weighted by molar-refractivity contribution is 8.00. The number of nitrogens with one attached hydrogen (secondary N) is 2. The number of anilines is 2. The quantitative estimate of drug-likeness (QED) is 0.298. The van der Waals surface area contributed by atoms with Crippen molar-refractivity contribution in [2.45, 2.75) is 23.1 Å². The molecule has 1 aromatic heterocycles. The monoisotopic (exact) mass is 591 g/mol. The number of hydrogen-bond acceptors (Lipinski definition) is 7. The maximum Gasteiger partial charge on any atom is 0.305 e. The Morgan fingerprint density at radius 3 is 2.58 bits per heavy atom. The van der Waals surface area contributed by atoms with Crippen molar-refractivity contribution in [3.05, 3.63) is 103 Å². The van der Waals surface area contributed by atoms with Crippen molar-refractivity contribution in [3.63, 3.8) is 0 Å². The number of nitrogens with zero attached hydrogens (tertiary/aromatic N) is 1. The number of halogens is 1. The molecule has 3 amide bonds. The fraction of sp³-hybridized carbons (Fsp3) is 0.172. The zero-order valence-corrected chi connectivity index (χ0v) is 23.4. The number of thioether (sulfide) groups is 1. The largest absolute Gasteiger partial charge is 0.484 e. The van der Waals surface area contributed by atoms with Crippen LogP contribution in [0.25, 0.3) is 0 Å². The van der Waals surface area contributed by atoms with E-state index in [0.29, 0.717) is 37.6 Å². The van der Waals surface area contributed by atoms with E-state index >= 15 is 0 Å². The number of aromatic nitrogens is 1. The molecule has 3 aromatic carbocycles. The van der Waals surface area contributed by atoms with Gasteiger partial charge in [-0.2, -0.15) is 0 Å². The summed E-state index contributed by atoms with van der Waals surface area (Å²) in [5, 5.41) is 3.21. The van der Waals surface area contributed by atoms with Crippen LogP contribution in [0.15, 0.2) is 82.6 Å². The molecule has 202 valence electrons. The van der Waals surface area contributed by atoms with Gasteiger partial charge < -0.3 is 15.0 Å². The van der Waals surface area contributed by atoms with Crippen LogP contribution in [-0.4, -0.2) is 34.6 Å². The molecule has 2 aliphatic heterocycles. The summed E-state index contributed by atoms with van der Waals surface area (Å²) in [5.74, 6) is -1.84. The second kappa shape index (κ2) is 10.6. The van der Waals surface area contributed by atoms with Crippen molar-refractivity contribution in [3.8, 4) is 5.75 Å². The Balaban J connectivity index is 1.29. The molecule has 0 spiro atoms. The number of carbonyl (C=O) groups excluding carboxylic acids is 3. The van der Waals surface area contributed by atoms with Gasteiger partial charge in [-0.05, 0) is 60.5 Å². The lowest BCUT2D eigenvalue weighted by molar-refractivity contribution is -0.122. The average Bonchev–Trinajstić information content (AvgIpc) is 3.43. The summed E-state index contributed by atoms with van der Waals surface area (Å²) in [6, 6.07) is 21.1. The van der Waals surface area contributed by atoms with Gasteiger partial charge in [0.2, 0.25) is 11.8 Å². The van der Waals surface area contributed by atoms with E-state index in [4.69, 9.17) is 16.3 Å². The fourth-order valence-electron chi connectivity index (χ4n) is 5.07. The summed E-state index contributed by atoms with van der Waals surface area (Å²) in [5.41, 5.74) is 2.80. The van der Waals surface area contributed by atoms with Gasteiger partial charge in [-0.3, -0.25) is 19.2 Å². The van der Waals surface area contributed by atoms with E-state index in [9.17, 15) is 19.2 Å². The lowest BCUT2D eigenvalue weighted by Crippen LogP contribution is -2.32. The Labute approximate surface area is 242 Å². The van der Waals surface area contributed by atoms with Gasteiger partial charge in [0.05, 0.1) is 16.6 Å². The number of benzene rings is 3. The third kappa shape index (κ3) is 4.83. The number of aromatic amines is 1. The van der Waals surface area contributed by atoms with Crippen LogP contribution in [0.3, 0.4) is 0 Å². The van der Waals surface area contributed by atoms with E-state index < -0.39 is 17.1 Å². The summed E-state index contributed by atoms with van der Waals surface area (Å²) >= 11 is 8.27. The fourth-order valence-corrected chi connectivity index (χ4v) is 7.71. The van der Waals surface area contributed by atoms with Crippen LogP contribution in [-0.2, 0) is 14.4 Å². The third-order valence-corrected chi connectivity index (χ3v) is 9.57. The predicted molar refractivity (Wildman–Crippen MR) is 156 cm³/mol. The number of ether oxygens (including phenoxy) is 1. The Hall–Kier alpha value is -3.86. The molecule has 1 saturated heterocycles. The lowest BCUT2D eigenvalue weighted by atomic mass is 9.83. The van der Waals surface area contributed by atoms with Crippen molar-refractivity contribution in [1.29, 1.82) is 0 Å². The lowest BCUT2D eigenvalue weighted by Gasteiger charge is -2.30. The van der Waals surface area contributed by atoms with E-state index in [1.165, 1.54) is 16.7 Å². The molecule has 0 saturated carbocycles. The first-order valence-electron chi connectivity index (χ1n) is 12.4. The minimum atomic E-state index is -0.730. The topological polar surface area (TPSA) is 109 Å². The number of aryl methyl sites for hydroxylation is 1. The second-order valence-corrected chi connectivity index (χ2v) is 12.1. The second-order valence-electron chi connectivity index (χ2n) is 9.46. The number of thiazole rings is 1. The summed E-state index contributed by atoms with van der Waals surface area (Å²) in [7, 11) is 0. The van der Waals surface area contributed by atoms with Crippen molar-refractivity contribution in [2.24, 2.45) is 5.92 Å². The highest BCUT2D eigenvalue weighted by Gasteiger charge is 2.56.